The van der Waals surface area contributed by atoms with Crippen LogP contribution in [0.4, 0.5) is 4.79 Å². The van der Waals surface area contributed by atoms with Gasteiger partial charge in [-0.05, 0) is 6.42 Å². The van der Waals surface area contributed by atoms with E-state index in [1.165, 1.54) is 122 Å². The van der Waals surface area contributed by atoms with Crippen LogP contribution in [0.15, 0.2) is 0 Å². The van der Waals surface area contributed by atoms with Crippen molar-refractivity contribution in [2.24, 2.45) is 0 Å². The molecule has 0 N–H and O–H groups in total. The number of rotatable bonds is 20. The third-order valence-corrected chi connectivity index (χ3v) is 6.33. The Morgan fingerprint density at radius 1 is 0.571 bits per heavy atom. The van der Waals surface area contributed by atoms with Gasteiger partial charge in [-0.15, -0.1) is 0 Å². The molecular formula is C25H50N2O. The van der Waals surface area contributed by atoms with Crippen LogP contribution in [-0.2, 0) is 0 Å². The Labute approximate surface area is 176 Å². The topological polar surface area (TPSA) is 23.6 Å². The van der Waals surface area contributed by atoms with E-state index in [-0.39, 0.29) is 6.03 Å². The number of hydrogen-bond donors (Lipinski definition) is 0. The minimum atomic E-state index is 0.224. The number of carbonyl (C=O) groups excluding carboxylic acids is 1. The van der Waals surface area contributed by atoms with Gasteiger partial charge in [-0.3, -0.25) is 0 Å². The molecule has 28 heavy (non-hydrogen) atoms. The molecule has 1 aliphatic heterocycles. The van der Waals surface area contributed by atoms with Gasteiger partial charge in [0.2, 0.25) is 0 Å². The second-order valence-electron chi connectivity index (χ2n) is 9.06. The summed E-state index contributed by atoms with van der Waals surface area (Å²) in [4.78, 5) is 15.6. The molecule has 0 aromatic carbocycles. The molecule has 1 heterocycles. The van der Waals surface area contributed by atoms with Crippen molar-refractivity contribution in [1.29, 1.82) is 0 Å². The molecule has 0 aromatic rings. The van der Waals surface area contributed by atoms with E-state index in [1.54, 1.807) is 0 Å². The molecule has 1 fully saturated rings. The highest BCUT2D eigenvalue weighted by Crippen LogP contribution is 2.15. The molecule has 2 amide bonds. The summed E-state index contributed by atoms with van der Waals surface area (Å²) >= 11 is 0. The zero-order valence-electron chi connectivity index (χ0n) is 19.4. The van der Waals surface area contributed by atoms with E-state index in [9.17, 15) is 4.79 Å². The number of carbonyl (C=O) groups is 1. The molecule has 0 aliphatic carbocycles. The summed E-state index contributed by atoms with van der Waals surface area (Å²) in [7, 11) is 1.90. The van der Waals surface area contributed by atoms with Crippen molar-refractivity contribution < 1.29 is 4.79 Å². The van der Waals surface area contributed by atoms with Gasteiger partial charge in [0.1, 0.15) is 0 Å². The lowest BCUT2D eigenvalue weighted by Gasteiger charge is -2.15. The lowest BCUT2D eigenvalue weighted by molar-refractivity contribution is 0.198. The molecule has 166 valence electrons. The molecule has 0 unspecified atom stereocenters. The van der Waals surface area contributed by atoms with Crippen LogP contribution < -0.4 is 0 Å². The maximum absolute atomic E-state index is 11.8. The average molecular weight is 395 g/mol. The summed E-state index contributed by atoms with van der Waals surface area (Å²) in [5.74, 6) is 0. The molecule has 0 atom stereocenters. The smallest absolute Gasteiger partial charge is 0.319 e. The highest BCUT2D eigenvalue weighted by Gasteiger charge is 2.24. The predicted molar refractivity (Wildman–Crippen MR) is 123 cm³/mol. The van der Waals surface area contributed by atoms with Crippen LogP contribution in [0.3, 0.4) is 0 Å². The molecule has 1 aliphatic rings. The van der Waals surface area contributed by atoms with Gasteiger partial charge in [0.15, 0.2) is 0 Å². The van der Waals surface area contributed by atoms with E-state index in [0.717, 1.165) is 19.6 Å². The normalized spacial score (nSPS) is 14.4. The van der Waals surface area contributed by atoms with Crippen molar-refractivity contribution in [2.45, 2.75) is 129 Å². The largest absolute Gasteiger partial charge is 0.326 e. The van der Waals surface area contributed by atoms with E-state index in [2.05, 4.69) is 6.92 Å². The summed E-state index contributed by atoms with van der Waals surface area (Å²) in [5.41, 5.74) is 0. The lowest BCUT2D eigenvalue weighted by atomic mass is 10.0. The van der Waals surface area contributed by atoms with E-state index >= 15 is 0 Å². The lowest BCUT2D eigenvalue weighted by Crippen LogP contribution is -2.30. The molecule has 0 aromatic heterocycles. The molecule has 1 rings (SSSR count). The number of unbranched alkanes of at least 4 members (excludes halogenated alkanes) is 18. The minimum absolute atomic E-state index is 0.224. The standard InChI is InChI=1S/C25H50N2O/c1-3-4-5-6-7-8-9-10-11-12-13-14-15-16-17-18-19-20-21-22-27-24-23-26(2)25(27)28/h3-24H2,1-2H3. The highest BCUT2D eigenvalue weighted by molar-refractivity contribution is 5.76. The van der Waals surface area contributed by atoms with Crippen LogP contribution in [0.25, 0.3) is 0 Å². The zero-order chi connectivity index (χ0) is 20.3. The van der Waals surface area contributed by atoms with Crippen molar-refractivity contribution in [3.63, 3.8) is 0 Å². The van der Waals surface area contributed by atoms with Gasteiger partial charge in [-0.25, -0.2) is 4.79 Å². The molecule has 3 heteroatoms. The van der Waals surface area contributed by atoms with E-state index in [1.807, 2.05) is 16.8 Å². The molecule has 0 bridgehead atoms. The molecule has 3 nitrogen and oxygen atoms in total. The van der Waals surface area contributed by atoms with E-state index in [4.69, 9.17) is 0 Å². The third kappa shape index (κ3) is 13.4. The van der Waals surface area contributed by atoms with Gasteiger partial charge >= 0.3 is 6.03 Å². The van der Waals surface area contributed by atoms with Crippen molar-refractivity contribution in [3.05, 3.63) is 0 Å². The summed E-state index contributed by atoms with van der Waals surface area (Å²) in [5, 5.41) is 0. The average Bonchev–Trinajstić information content (AvgIpc) is 3.02. The Bertz CT molecular complexity index is 358. The second-order valence-corrected chi connectivity index (χ2v) is 9.06. The fraction of sp³-hybridized carbons (Fsp3) is 0.960. The van der Waals surface area contributed by atoms with Crippen LogP contribution in [0.2, 0.25) is 0 Å². The predicted octanol–water partition coefficient (Wildman–Crippen LogP) is 7.79. The zero-order valence-corrected chi connectivity index (χ0v) is 19.4. The summed E-state index contributed by atoms with van der Waals surface area (Å²) in [6.07, 6.45) is 26.8. The fourth-order valence-electron chi connectivity index (χ4n) is 4.29. The highest BCUT2D eigenvalue weighted by atomic mass is 16.2. The Morgan fingerprint density at radius 2 is 0.929 bits per heavy atom. The van der Waals surface area contributed by atoms with Gasteiger partial charge in [0.25, 0.3) is 0 Å². The quantitative estimate of drug-likeness (QED) is 0.193. The molecule has 0 saturated carbocycles. The van der Waals surface area contributed by atoms with Gasteiger partial charge < -0.3 is 9.80 Å². The third-order valence-electron chi connectivity index (χ3n) is 6.33. The Balaban J connectivity index is 1.68. The minimum Gasteiger partial charge on any atom is -0.326 e. The van der Waals surface area contributed by atoms with Crippen LogP contribution >= 0.6 is 0 Å². The van der Waals surface area contributed by atoms with Crippen molar-refractivity contribution in [1.82, 2.24) is 9.80 Å². The number of nitrogens with zero attached hydrogens (tertiary/aromatic N) is 2. The van der Waals surface area contributed by atoms with Crippen LogP contribution in [-0.4, -0.2) is 42.5 Å². The van der Waals surface area contributed by atoms with Crippen molar-refractivity contribution in [2.75, 3.05) is 26.7 Å². The number of hydrogen-bond acceptors (Lipinski definition) is 1. The molecule has 0 spiro atoms. The first-order chi connectivity index (χ1) is 13.8. The molecular weight excluding hydrogens is 344 g/mol. The van der Waals surface area contributed by atoms with E-state index < -0.39 is 0 Å². The Morgan fingerprint density at radius 3 is 1.25 bits per heavy atom. The van der Waals surface area contributed by atoms with Crippen LogP contribution in [0, 0.1) is 0 Å². The van der Waals surface area contributed by atoms with Crippen molar-refractivity contribution in [3.8, 4) is 0 Å². The number of urea groups is 1. The molecule has 1 saturated heterocycles. The molecule has 0 radical (unpaired) electrons. The first kappa shape index (κ1) is 25.3. The fourth-order valence-corrected chi connectivity index (χ4v) is 4.29. The maximum atomic E-state index is 11.8. The summed E-state index contributed by atoms with van der Waals surface area (Å²) < 4.78 is 0. The summed E-state index contributed by atoms with van der Waals surface area (Å²) in [6.45, 7) is 5.08. The van der Waals surface area contributed by atoms with Gasteiger partial charge in [0, 0.05) is 26.7 Å². The van der Waals surface area contributed by atoms with Crippen molar-refractivity contribution >= 4 is 6.03 Å². The Kier molecular flexibility index (Phi) is 16.5. The Hall–Kier alpha value is -0.730. The van der Waals surface area contributed by atoms with Gasteiger partial charge in [0.05, 0.1) is 0 Å². The maximum Gasteiger partial charge on any atom is 0.319 e. The monoisotopic (exact) mass is 394 g/mol. The second kappa shape index (κ2) is 18.3. The van der Waals surface area contributed by atoms with Gasteiger partial charge in [-0.2, -0.15) is 0 Å². The van der Waals surface area contributed by atoms with Crippen LogP contribution in [0.1, 0.15) is 129 Å². The number of amides is 2. The first-order valence-electron chi connectivity index (χ1n) is 12.8. The van der Waals surface area contributed by atoms with E-state index in [0.29, 0.717) is 0 Å². The number of likely N-dealkylation sites (N-methyl/N-ethyl adjacent to an activating group) is 1. The summed E-state index contributed by atoms with van der Waals surface area (Å²) in [6, 6.07) is 0.224. The SMILES string of the molecule is CCCCCCCCCCCCCCCCCCCCCN1CCN(C)C1=O. The van der Waals surface area contributed by atoms with Gasteiger partial charge in [-0.1, -0.05) is 122 Å². The first-order valence-corrected chi connectivity index (χ1v) is 12.8. The van der Waals surface area contributed by atoms with Crippen LogP contribution in [0.5, 0.6) is 0 Å².